The molecule has 0 radical (unpaired) electrons. The number of hydrogen-bond donors (Lipinski definition) is 1. The molecule has 15 heavy (non-hydrogen) atoms. The fourth-order valence-corrected chi connectivity index (χ4v) is 1.12. The summed E-state index contributed by atoms with van der Waals surface area (Å²) in [5.41, 5.74) is -3.23. The number of alkyl halides is 5. The topological polar surface area (TPSA) is 33.1 Å². The first-order valence-electron chi connectivity index (χ1n) is 3.81. The van der Waals surface area contributed by atoms with Gasteiger partial charge in [-0.25, -0.2) is 8.78 Å². The van der Waals surface area contributed by atoms with Gasteiger partial charge in [-0.1, -0.05) is 0 Å². The summed E-state index contributed by atoms with van der Waals surface area (Å²) in [6.45, 7) is -0.906. The lowest BCUT2D eigenvalue weighted by Crippen LogP contribution is -2.12. The van der Waals surface area contributed by atoms with Crippen LogP contribution >= 0.6 is 0 Å². The largest absolute Gasteiger partial charge is 0.418 e. The van der Waals surface area contributed by atoms with Gasteiger partial charge < -0.3 is 5.11 Å². The average molecular weight is 227 g/mol. The maximum atomic E-state index is 12.4. The lowest BCUT2D eigenvalue weighted by atomic mass is 10.1. The van der Waals surface area contributed by atoms with Crippen LogP contribution in [-0.4, -0.2) is 10.1 Å². The molecule has 1 aromatic heterocycles. The highest BCUT2D eigenvalue weighted by molar-refractivity contribution is 5.34. The highest BCUT2D eigenvalue weighted by Crippen LogP contribution is 2.37. The van der Waals surface area contributed by atoms with Crippen LogP contribution in [0, 0.1) is 0 Å². The molecule has 1 N–H and O–H groups in total. The van der Waals surface area contributed by atoms with Gasteiger partial charge in [0.1, 0.15) is 0 Å². The molecule has 0 aromatic carbocycles. The van der Waals surface area contributed by atoms with Crippen molar-refractivity contribution in [1.29, 1.82) is 0 Å². The fraction of sp³-hybridized carbons (Fsp3) is 0.375. The van der Waals surface area contributed by atoms with E-state index in [0.29, 0.717) is 6.20 Å². The Morgan fingerprint density at radius 1 is 1.27 bits per heavy atom. The Hall–Kier alpha value is -1.24. The lowest BCUT2D eigenvalue weighted by molar-refractivity contribution is -0.139. The summed E-state index contributed by atoms with van der Waals surface area (Å²) >= 11 is 0. The van der Waals surface area contributed by atoms with E-state index in [4.69, 9.17) is 5.11 Å². The zero-order chi connectivity index (χ0) is 11.6. The van der Waals surface area contributed by atoms with Crippen molar-refractivity contribution in [3.63, 3.8) is 0 Å². The highest BCUT2D eigenvalue weighted by Gasteiger charge is 2.37. The molecule has 0 bridgehead atoms. The van der Waals surface area contributed by atoms with Crippen LogP contribution in [0.5, 0.6) is 0 Å². The molecule has 1 aromatic rings. The second-order valence-electron chi connectivity index (χ2n) is 2.72. The van der Waals surface area contributed by atoms with Crippen molar-refractivity contribution in [3.05, 3.63) is 29.1 Å². The van der Waals surface area contributed by atoms with Gasteiger partial charge in [-0.3, -0.25) is 4.98 Å². The van der Waals surface area contributed by atoms with E-state index in [2.05, 4.69) is 4.98 Å². The van der Waals surface area contributed by atoms with E-state index in [9.17, 15) is 22.0 Å². The number of hydrogen-bond acceptors (Lipinski definition) is 2. The molecule has 0 fully saturated rings. The summed E-state index contributed by atoms with van der Waals surface area (Å²) in [5.74, 6) is 0. The van der Waals surface area contributed by atoms with Gasteiger partial charge in [-0.05, 0) is 0 Å². The molecular formula is C8H6F5NO. The zero-order valence-electron chi connectivity index (χ0n) is 7.22. The van der Waals surface area contributed by atoms with E-state index in [0.717, 1.165) is 6.20 Å². The van der Waals surface area contributed by atoms with E-state index in [1.807, 2.05) is 0 Å². The third-order valence-corrected chi connectivity index (χ3v) is 1.76. The number of aliphatic hydroxyl groups excluding tert-OH is 1. The van der Waals surface area contributed by atoms with Gasteiger partial charge in [0.2, 0.25) is 0 Å². The van der Waals surface area contributed by atoms with Crippen LogP contribution in [0.3, 0.4) is 0 Å². The molecule has 84 valence electrons. The molecule has 0 aliphatic heterocycles. The molecule has 0 amide bonds. The molecule has 1 heterocycles. The molecule has 0 aliphatic carbocycles. The Morgan fingerprint density at radius 3 is 2.27 bits per heavy atom. The molecule has 0 unspecified atom stereocenters. The zero-order valence-corrected chi connectivity index (χ0v) is 7.22. The Morgan fingerprint density at radius 2 is 1.87 bits per heavy atom. The maximum Gasteiger partial charge on any atom is 0.418 e. The first kappa shape index (κ1) is 11.8. The molecule has 2 nitrogen and oxygen atoms in total. The van der Waals surface area contributed by atoms with Crippen LogP contribution in [0.1, 0.15) is 23.1 Å². The summed E-state index contributed by atoms with van der Waals surface area (Å²) in [6.07, 6.45) is -7.09. The monoisotopic (exact) mass is 227 g/mol. The van der Waals surface area contributed by atoms with E-state index in [-0.39, 0.29) is 0 Å². The predicted molar refractivity (Wildman–Crippen MR) is 40.1 cm³/mol. The highest BCUT2D eigenvalue weighted by atomic mass is 19.4. The first-order valence-corrected chi connectivity index (χ1v) is 3.81. The molecule has 0 saturated heterocycles. The van der Waals surface area contributed by atoms with Gasteiger partial charge in [-0.15, -0.1) is 0 Å². The van der Waals surface area contributed by atoms with Crippen molar-refractivity contribution in [3.8, 4) is 0 Å². The number of nitrogens with zero attached hydrogens (tertiary/aromatic N) is 1. The van der Waals surface area contributed by atoms with Crippen molar-refractivity contribution >= 4 is 0 Å². The van der Waals surface area contributed by atoms with E-state index in [1.165, 1.54) is 0 Å². The maximum absolute atomic E-state index is 12.4. The van der Waals surface area contributed by atoms with Crippen molar-refractivity contribution in [2.45, 2.75) is 19.2 Å². The SMILES string of the molecule is OCc1cncc(C(F)(F)F)c1C(F)F. The molecule has 0 saturated carbocycles. The number of aliphatic hydroxyl groups is 1. The molecule has 7 heteroatoms. The second kappa shape index (κ2) is 4.09. The summed E-state index contributed by atoms with van der Waals surface area (Å²) in [6, 6.07) is 0. The quantitative estimate of drug-likeness (QED) is 0.787. The van der Waals surface area contributed by atoms with Crippen molar-refractivity contribution in [1.82, 2.24) is 4.98 Å². The molecule has 0 atom stereocenters. The first-order chi connectivity index (χ1) is 6.88. The van der Waals surface area contributed by atoms with Crippen LogP contribution < -0.4 is 0 Å². The smallest absolute Gasteiger partial charge is 0.392 e. The standard InChI is InChI=1S/C8H6F5NO/c9-7(10)6-4(3-15)1-14-2-5(6)8(11,12)13/h1-2,7,15H,3H2. The third kappa shape index (κ3) is 2.41. The van der Waals surface area contributed by atoms with Crippen molar-refractivity contribution in [2.75, 3.05) is 0 Å². The van der Waals surface area contributed by atoms with E-state index in [1.54, 1.807) is 0 Å². The number of rotatable bonds is 2. The molecule has 0 aliphatic rings. The Kier molecular flexibility index (Phi) is 3.23. The summed E-state index contributed by atoms with van der Waals surface area (Å²) < 4.78 is 61.5. The van der Waals surface area contributed by atoms with Crippen molar-refractivity contribution in [2.24, 2.45) is 0 Å². The minimum absolute atomic E-state index is 0.320. The van der Waals surface area contributed by atoms with Crippen LogP contribution in [0.2, 0.25) is 0 Å². The summed E-state index contributed by atoms with van der Waals surface area (Å²) in [7, 11) is 0. The fourth-order valence-electron chi connectivity index (χ4n) is 1.12. The average Bonchev–Trinajstić information content (AvgIpc) is 2.15. The van der Waals surface area contributed by atoms with E-state index >= 15 is 0 Å². The van der Waals surface area contributed by atoms with Crippen LogP contribution in [-0.2, 0) is 12.8 Å². The number of aromatic nitrogens is 1. The third-order valence-electron chi connectivity index (χ3n) is 1.76. The minimum atomic E-state index is -4.90. The van der Waals surface area contributed by atoms with Gasteiger partial charge in [0.15, 0.2) is 0 Å². The number of halogens is 5. The predicted octanol–water partition coefficient (Wildman–Crippen LogP) is 2.53. The summed E-state index contributed by atoms with van der Waals surface area (Å²) in [5, 5.41) is 8.62. The Bertz CT molecular complexity index is 349. The Balaban J connectivity index is 3.39. The Labute approximate surface area is 81.4 Å². The van der Waals surface area contributed by atoms with Crippen LogP contribution in [0.15, 0.2) is 12.4 Å². The van der Waals surface area contributed by atoms with Crippen LogP contribution in [0.4, 0.5) is 22.0 Å². The van der Waals surface area contributed by atoms with Gasteiger partial charge in [0.05, 0.1) is 12.2 Å². The normalized spacial score (nSPS) is 12.2. The van der Waals surface area contributed by atoms with Gasteiger partial charge in [0.25, 0.3) is 6.43 Å². The molecule has 1 rings (SSSR count). The van der Waals surface area contributed by atoms with Gasteiger partial charge >= 0.3 is 6.18 Å². The number of pyridine rings is 1. The van der Waals surface area contributed by atoms with Gasteiger partial charge in [-0.2, -0.15) is 13.2 Å². The molecular weight excluding hydrogens is 221 g/mol. The van der Waals surface area contributed by atoms with Crippen LogP contribution in [0.25, 0.3) is 0 Å². The summed E-state index contributed by atoms with van der Waals surface area (Å²) in [4.78, 5) is 3.15. The second-order valence-corrected chi connectivity index (χ2v) is 2.72. The van der Waals surface area contributed by atoms with E-state index < -0.39 is 35.9 Å². The van der Waals surface area contributed by atoms with Crippen molar-refractivity contribution < 1.29 is 27.1 Å². The van der Waals surface area contributed by atoms with Gasteiger partial charge in [0, 0.05) is 23.5 Å². The minimum Gasteiger partial charge on any atom is -0.392 e. The lowest BCUT2D eigenvalue weighted by Gasteiger charge is -2.14. The molecule has 0 spiro atoms.